The van der Waals surface area contributed by atoms with Crippen LogP contribution in [0.2, 0.25) is 0 Å². The van der Waals surface area contributed by atoms with Crippen LogP contribution < -0.4 is 5.73 Å². The molecule has 1 amide bonds. The zero-order valence-corrected chi connectivity index (χ0v) is 14.1. The summed E-state index contributed by atoms with van der Waals surface area (Å²) in [5.41, 5.74) is 5.78. The molecule has 1 atom stereocenters. The van der Waals surface area contributed by atoms with E-state index in [-0.39, 0.29) is 63.4 Å². The second kappa shape index (κ2) is 8.77. The van der Waals surface area contributed by atoms with E-state index in [2.05, 4.69) is 0 Å². The molecule has 5 nitrogen and oxygen atoms in total. The minimum absolute atomic E-state index is 0. The van der Waals surface area contributed by atoms with Crippen molar-refractivity contribution >= 4 is 30.7 Å². The molecular weight excluding hydrogens is 358 g/mol. The number of rotatable bonds is 3. The summed E-state index contributed by atoms with van der Waals surface area (Å²) in [5, 5.41) is 0. The molecule has 1 fully saturated rings. The average molecular weight is 378 g/mol. The number of hydrogen-bond acceptors (Lipinski definition) is 4. The molecule has 23 heavy (non-hydrogen) atoms. The van der Waals surface area contributed by atoms with E-state index >= 15 is 0 Å². The summed E-state index contributed by atoms with van der Waals surface area (Å²) in [4.78, 5) is 15.1. The van der Waals surface area contributed by atoms with Crippen molar-refractivity contribution in [3.8, 4) is 0 Å². The number of alkyl halides is 3. The topological polar surface area (TPSA) is 62.7 Å². The van der Waals surface area contributed by atoms with Crippen LogP contribution in [0, 0.1) is 0 Å². The summed E-state index contributed by atoms with van der Waals surface area (Å²) < 4.78 is 43.0. The summed E-state index contributed by atoms with van der Waals surface area (Å²) in [6.45, 7) is 2.28. The molecule has 0 aromatic carbocycles. The van der Waals surface area contributed by atoms with Crippen LogP contribution in [0.4, 0.5) is 13.2 Å². The molecule has 1 aliphatic heterocycles. The van der Waals surface area contributed by atoms with Gasteiger partial charge in [-0.15, -0.1) is 24.8 Å². The Balaban J connectivity index is 0.00000242. The van der Waals surface area contributed by atoms with Gasteiger partial charge in [0.15, 0.2) is 0 Å². The predicted molar refractivity (Wildman–Crippen MR) is 84.1 cm³/mol. The fourth-order valence-corrected chi connectivity index (χ4v) is 2.30. The molecule has 0 radical (unpaired) electrons. The highest BCUT2D eigenvalue weighted by Crippen LogP contribution is 2.25. The Morgan fingerprint density at radius 3 is 2.30 bits per heavy atom. The lowest BCUT2D eigenvalue weighted by Gasteiger charge is -2.38. The molecule has 0 bridgehead atoms. The Morgan fingerprint density at radius 2 is 1.87 bits per heavy atom. The molecule has 10 heteroatoms. The minimum atomic E-state index is -4.24. The zero-order valence-electron chi connectivity index (χ0n) is 12.5. The van der Waals surface area contributed by atoms with Gasteiger partial charge in [0.05, 0.1) is 12.1 Å². The molecule has 2 rings (SSSR count). The molecule has 2 N–H and O–H groups in total. The summed E-state index contributed by atoms with van der Waals surface area (Å²) in [5.74, 6) is 0.264. The Hall–Kier alpha value is -0.960. The zero-order chi connectivity index (χ0) is 15.6. The number of carbonyl (C=O) groups excluding carboxylic acids is 1. The number of nitrogens with zero attached hydrogens (tertiary/aromatic N) is 2. The van der Waals surface area contributed by atoms with E-state index in [0.29, 0.717) is 11.3 Å². The van der Waals surface area contributed by atoms with Crippen molar-refractivity contribution in [2.75, 3.05) is 26.2 Å². The largest absolute Gasteiger partial charge is 0.467 e. The van der Waals surface area contributed by atoms with Crippen molar-refractivity contribution in [3.63, 3.8) is 0 Å². The van der Waals surface area contributed by atoms with E-state index < -0.39 is 12.2 Å². The normalized spacial score (nSPS) is 17.2. The third-order valence-electron chi connectivity index (χ3n) is 3.72. The van der Waals surface area contributed by atoms with E-state index in [1.807, 2.05) is 0 Å². The standard InChI is InChI=1S/C13H18F3N3O2.2ClH/c1-9(13(14,15)16)18-2-4-19(5-3-18)12(20)10-6-11(7-17)21-8-10;;/h6,8-9H,2-5,7,17H2,1H3;2*1H. The number of carbonyl (C=O) groups is 1. The molecule has 134 valence electrons. The molecule has 1 aromatic rings. The first-order valence-corrected chi connectivity index (χ1v) is 6.70. The monoisotopic (exact) mass is 377 g/mol. The van der Waals surface area contributed by atoms with Crippen molar-refractivity contribution in [2.24, 2.45) is 5.73 Å². The fourth-order valence-electron chi connectivity index (χ4n) is 2.30. The van der Waals surface area contributed by atoms with Crippen molar-refractivity contribution in [3.05, 3.63) is 23.7 Å². The maximum Gasteiger partial charge on any atom is 0.403 e. The summed E-state index contributed by atoms with van der Waals surface area (Å²) >= 11 is 0. The van der Waals surface area contributed by atoms with Gasteiger partial charge in [-0.05, 0) is 13.0 Å². The van der Waals surface area contributed by atoms with Gasteiger partial charge in [-0.1, -0.05) is 0 Å². The predicted octanol–water partition coefficient (Wildman–Crippen LogP) is 2.29. The highest BCUT2D eigenvalue weighted by Gasteiger charge is 2.41. The van der Waals surface area contributed by atoms with Crippen LogP contribution in [-0.2, 0) is 6.54 Å². The van der Waals surface area contributed by atoms with Gasteiger partial charge in [-0.3, -0.25) is 9.69 Å². The number of furan rings is 1. The molecule has 1 unspecified atom stereocenters. The lowest BCUT2D eigenvalue weighted by molar-refractivity contribution is -0.181. The second-order valence-corrected chi connectivity index (χ2v) is 5.05. The van der Waals surface area contributed by atoms with Gasteiger partial charge in [-0.25, -0.2) is 0 Å². The van der Waals surface area contributed by atoms with Gasteiger partial charge in [0.1, 0.15) is 18.1 Å². The van der Waals surface area contributed by atoms with E-state index in [0.717, 1.165) is 6.92 Å². The van der Waals surface area contributed by atoms with Crippen LogP contribution in [0.3, 0.4) is 0 Å². The SMILES string of the molecule is CC(N1CCN(C(=O)c2coc(CN)c2)CC1)C(F)(F)F.Cl.Cl. The van der Waals surface area contributed by atoms with E-state index in [4.69, 9.17) is 10.2 Å². The number of hydrogen-bond donors (Lipinski definition) is 1. The van der Waals surface area contributed by atoms with Gasteiger partial charge in [-0.2, -0.15) is 13.2 Å². The van der Waals surface area contributed by atoms with E-state index in [1.54, 1.807) is 6.07 Å². The Bertz CT molecular complexity index is 503. The molecule has 2 heterocycles. The van der Waals surface area contributed by atoms with Gasteiger partial charge in [0.25, 0.3) is 5.91 Å². The quantitative estimate of drug-likeness (QED) is 0.877. The third-order valence-corrected chi connectivity index (χ3v) is 3.72. The maximum absolute atomic E-state index is 12.6. The van der Waals surface area contributed by atoms with Crippen LogP contribution in [0.1, 0.15) is 23.0 Å². The third kappa shape index (κ3) is 5.27. The lowest BCUT2D eigenvalue weighted by Crippen LogP contribution is -2.54. The number of amides is 1. The smallest absolute Gasteiger partial charge is 0.403 e. The van der Waals surface area contributed by atoms with Gasteiger partial charge in [0.2, 0.25) is 0 Å². The molecule has 0 spiro atoms. The maximum atomic E-state index is 12.6. The fraction of sp³-hybridized carbons (Fsp3) is 0.615. The first-order chi connectivity index (χ1) is 9.82. The average Bonchev–Trinajstić information content (AvgIpc) is 2.94. The Kier molecular flexibility index (Phi) is 8.40. The molecule has 0 aliphatic carbocycles. The van der Waals surface area contributed by atoms with Crippen molar-refractivity contribution in [2.45, 2.75) is 25.7 Å². The van der Waals surface area contributed by atoms with E-state index in [1.165, 1.54) is 16.1 Å². The highest BCUT2D eigenvalue weighted by atomic mass is 35.5. The van der Waals surface area contributed by atoms with Crippen LogP contribution in [0.5, 0.6) is 0 Å². The van der Waals surface area contributed by atoms with Gasteiger partial charge in [0, 0.05) is 26.2 Å². The second-order valence-electron chi connectivity index (χ2n) is 5.05. The van der Waals surface area contributed by atoms with Gasteiger partial charge >= 0.3 is 6.18 Å². The first kappa shape index (κ1) is 22.0. The molecule has 1 aromatic heterocycles. The molecular formula is C13H20Cl2F3N3O2. The Morgan fingerprint density at radius 1 is 1.30 bits per heavy atom. The summed E-state index contributed by atoms with van der Waals surface area (Å²) in [7, 11) is 0. The minimum Gasteiger partial charge on any atom is -0.467 e. The first-order valence-electron chi connectivity index (χ1n) is 6.70. The van der Waals surface area contributed by atoms with Crippen molar-refractivity contribution in [1.82, 2.24) is 9.80 Å². The van der Waals surface area contributed by atoms with Crippen LogP contribution in [0.25, 0.3) is 0 Å². The van der Waals surface area contributed by atoms with Crippen molar-refractivity contribution in [1.29, 1.82) is 0 Å². The number of piperazine rings is 1. The van der Waals surface area contributed by atoms with Gasteiger partial charge < -0.3 is 15.1 Å². The van der Waals surface area contributed by atoms with E-state index in [9.17, 15) is 18.0 Å². The van der Waals surface area contributed by atoms with Crippen LogP contribution in [-0.4, -0.2) is 54.1 Å². The Labute approximate surface area is 144 Å². The van der Waals surface area contributed by atoms with Crippen LogP contribution >= 0.6 is 24.8 Å². The number of halogens is 5. The number of nitrogens with two attached hydrogens (primary N) is 1. The molecule has 1 saturated heterocycles. The molecule has 1 aliphatic rings. The highest BCUT2D eigenvalue weighted by molar-refractivity contribution is 5.94. The van der Waals surface area contributed by atoms with Crippen LogP contribution in [0.15, 0.2) is 16.7 Å². The lowest BCUT2D eigenvalue weighted by atomic mass is 10.2. The summed E-state index contributed by atoms with van der Waals surface area (Å²) in [6, 6.07) is 0.0695. The summed E-state index contributed by atoms with van der Waals surface area (Å²) in [6.07, 6.45) is -2.91. The van der Waals surface area contributed by atoms with Crippen molar-refractivity contribution < 1.29 is 22.4 Å². The molecule has 0 saturated carbocycles.